The lowest BCUT2D eigenvalue weighted by Crippen LogP contribution is -2.34. The summed E-state index contributed by atoms with van der Waals surface area (Å²) in [5.74, 6) is -7.12. The molecule has 4 atom stereocenters. The number of hydrogen-bond donors (Lipinski definition) is 12. The molecule has 20 nitrogen and oxygen atoms in total. The largest absolute Gasteiger partial charge is 0.480 e. The van der Waals surface area contributed by atoms with E-state index in [1.54, 1.807) is 0 Å². The van der Waals surface area contributed by atoms with Crippen molar-refractivity contribution in [3.8, 4) is 0 Å². The van der Waals surface area contributed by atoms with Crippen LogP contribution in [-0.4, -0.2) is 92.1 Å². The first kappa shape index (κ1) is 40.8. The lowest BCUT2D eigenvalue weighted by molar-refractivity contribution is -0.140. The minimum atomic E-state index is -1.21. The van der Waals surface area contributed by atoms with E-state index in [0.717, 1.165) is 0 Å². The molecule has 20 heteroatoms. The molecule has 0 aliphatic heterocycles. The van der Waals surface area contributed by atoms with Crippen LogP contribution in [0.3, 0.4) is 0 Å². The van der Waals surface area contributed by atoms with Gasteiger partial charge in [-0.15, -0.1) is 0 Å². The summed E-state index contributed by atoms with van der Waals surface area (Å²) >= 11 is 0. The summed E-state index contributed by atoms with van der Waals surface area (Å²) in [7, 11) is 0. The summed E-state index contributed by atoms with van der Waals surface area (Å²) in [6.07, 6.45) is -0.374. The van der Waals surface area contributed by atoms with Crippen molar-refractivity contribution in [3.05, 3.63) is 0 Å². The topological polar surface area (TPSA) is 426 Å². The van der Waals surface area contributed by atoms with Gasteiger partial charge in [0.15, 0.2) is 0 Å². The van der Waals surface area contributed by atoms with Crippen molar-refractivity contribution in [2.24, 2.45) is 45.9 Å². The number of carboxylic acids is 4. The highest BCUT2D eigenvalue weighted by Gasteiger charge is 2.14. The number of carbonyl (C=O) groups is 8. The first-order valence-electron chi connectivity index (χ1n) is 10.2. The molecule has 0 rings (SSSR count). The number of rotatable bonds is 14. The fourth-order valence-electron chi connectivity index (χ4n) is 1.45. The van der Waals surface area contributed by atoms with Gasteiger partial charge in [0.05, 0.1) is 12.8 Å². The van der Waals surface area contributed by atoms with E-state index in [9.17, 15) is 38.4 Å². The first-order chi connectivity index (χ1) is 17.1. The number of aliphatic carboxylic acids is 4. The number of carbonyl (C=O) groups excluding carboxylic acids is 4. The average Bonchev–Trinajstić information content (AvgIpc) is 2.75. The summed E-state index contributed by atoms with van der Waals surface area (Å²) in [4.78, 5) is 80.1. The maximum atomic E-state index is 10.1. The normalized spacial score (nSPS) is 12.5. The van der Waals surface area contributed by atoms with Gasteiger partial charge >= 0.3 is 23.9 Å². The summed E-state index contributed by atoms with van der Waals surface area (Å²) in [5.41, 5.74) is 38.8. The minimum Gasteiger partial charge on any atom is -0.480 e. The lowest BCUT2D eigenvalue weighted by Gasteiger charge is -2.01. The molecule has 0 saturated carbocycles. The van der Waals surface area contributed by atoms with Gasteiger partial charge in [0.2, 0.25) is 23.6 Å². The van der Waals surface area contributed by atoms with E-state index in [4.69, 9.17) is 54.8 Å². The molecular weight excluding hydrogens is 520 g/mol. The van der Waals surface area contributed by atoms with Gasteiger partial charge in [-0.3, -0.25) is 38.4 Å². The molecule has 0 saturated heterocycles. The van der Waals surface area contributed by atoms with Crippen LogP contribution in [0.2, 0.25) is 0 Å². The average molecular weight is 557 g/mol. The SMILES string of the molecule is NC(=O)CC(N)C(=O)O.NC(=O)CC(N)C(=O)O.NC(=O)CCC(N)C(=O)O.NC(=O)CCC(N)C(=O)O. The third kappa shape index (κ3) is 33.8. The lowest BCUT2D eigenvalue weighted by atomic mass is 10.2. The van der Waals surface area contributed by atoms with Gasteiger partial charge in [-0.2, -0.15) is 0 Å². The highest BCUT2D eigenvalue weighted by Crippen LogP contribution is 1.93. The molecule has 0 aromatic carbocycles. The Morgan fingerprint density at radius 3 is 0.737 bits per heavy atom. The molecule has 0 fully saturated rings. The van der Waals surface area contributed by atoms with Crippen LogP contribution in [-0.2, 0) is 38.4 Å². The molecular formula is C18H36N8O12. The van der Waals surface area contributed by atoms with Crippen LogP contribution in [0.15, 0.2) is 0 Å². The van der Waals surface area contributed by atoms with Crippen LogP contribution in [0.4, 0.5) is 0 Å². The second-order valence-corrected chi connectivity index (χ2v) is 7.13. The quantitative estimate of drug-likeness (QED) is 0.0946. The van der Waals surface area contributed by atoms with Crippen LogP contribution in [0.5, 0.6) is 0 Å². The summed E-state index contributed by atoms with van der Waals surface area (Å²) < 4.78 is 0. The number of carboxylic acid groups (broad SMARTS) is 4. The maximum Gasteiger partial charge on any atom is 0.321 e. The molecule has 0 spiro atoms. The third-order valence-electron chi connectivity index (χ3n) is 3.51. The van der Waals surface area contributed by atoms with Gasteiger partial charge in [0.25, 0.3) is 0 Å². The highest BCUT2D eigenvalue weighted by molar-refractivity contribution is 5.83. The summed E-state index contributed by atoms with van der Waals surface area (Å²) in [6.45, 7) is 0. The zero-order valence-corrected chi connectivity index (χ0v) is 20.2. The zero-order chi connectivity index (χ0) is 31.2. The molecule has 0 aliphatic carbocycles. The number of hydrogen-bond acceptors (Lipinski definition) is 12. The van der Waals surface area contributed by atoms with Gasteiger partial charge in [-0.25, -0.2) is 0 Å². The second-order valence-electron chi connectivity index (χ2n) is 7.13. The van der Waals surface area contributed by atoms with Crippen molar-refractivity contribution in [3.63, 3.8) is 0 Å². The van der Waals surface area contributed by atoms with Crippen molar-refractivity contribution in [1.29, 1.82) is 0 Å². The van der Waals surface area contributed by atoms with E-state index >= 15 is 0 Å². The zero-order valence-electron chi connectivity index (χ0n) is 20.2. The Morgan fingerprint density at radius 2 is 0.632 bits per heavy atom. The van der Waals surface area contributed by atoms with Crippen molar-refractivity contribution >= 4 is 47.5 Å². The molecule has 220 valence electrons. The van der Waals surface area contributed by atoms with Crippen LogP contribution in [0.1, 0.15) is 38.5 Å². The van der Waals surface area contributed by atoms with Crippen LogP contribution in [0.25, 0.3) is 0 Å². The van der Waals surface area contributed by atoms with Crippen LogP contribution >= 0.6 is 0 Å². The molecule has 0 aromatic heterocycles. The second kappa shape index (κ2) is 23.0. The Labute approximate surface area is 215 Å². The molecule has 20 N–H and O–H groups in total. The highest BCUT2D eigenvalue weighted by atomic mass is 16.4. The molecule has 0 aliphatic rings. The summed E-state index contributed by atoms with van der Waals surface area (Å²) in [5, 5.41) is 32.6. The Bertz CT molecular complexity index is 757. The van der Waals surface area contributed by atoms with Crippen LogP contribution < -0.4 is 45.9 Å². The van der Waals surface area contributed by atoms with Crippen LogP contribution in [0, 0.1) is 0 Å². The molecule has 4 amide bonds. The predicted molar refractivity (Wildman–Crippen MR) is 127 cm³/mol. The van der Waals surface area contributed by atoms with Gasteiger partial charge in [0.1, 0.15) is 24.2 Å². The molecule has 0 aromatic rings. The Balaban J connectivity index is -0.000000203. The maximum absolute atomic E-state index is 10.1. The fourth-order valence-corrected chi connectivity index (χ4v) is 1.45. The van der Waals surface area contributed by atoms with E-state index in [1.807, 2.05) is 0 Å². The molecule has 4 unspecified atom stereocenters. The Morgan fingerprint density at radius 1 is 0.421 bits per heavy atom. The van der Waals surface area contributed by atoms with E-state index in [-0.39, 0.29) is 38.5 Å². The van der Waals surface area contributed by atoms with Gasteiger partial charge < -0.3 is 66.3 Å². The molecule has 38 heavy (non-hydrogen) atoms. The minimum absolute atomic E-state index is 0.0213. The van der Waals surface area contributed by atoms with E-state index in [2.05, 4.69) is 11.5 Å². The molecule has 0 radical (unpaired) electrons. The molecule has 0 bridgehead atoms. The smallest absolute Gasteiger partial charge is 0.321 e. The van der Waals surface area contributed by atoms with E-state index < -0.39 is 71.7 Å². The fraction of sp³-hybridized carbons (Fsp3) is 0.556. The Hall–Kier alpha value is -4.40. The van der Waals surface area contributed by atoms with Crippen molar-refractivity contribution < 1.29 is 58.8 Å². The monoisotopic (exact) mass is 556 g/mol. The van der Waals surface area contributed by atoms with Crippen molar-refractivity contribution in [2.45, 2.75) is 62.7 Å². The number of nitrogens with two attached hydrogens (primary N) is 8. The Kier molecular flexibility index (Phi) is 24.7. The van der Waals surface area contributed by atoms with E-state index in [0.29, 0.717) is 0 Å². The van der Waals surface area contributed by atoms with Crippen molar-refractivity contribution in [1.82, 2.24) is 0 Å². The summed E-state index contributed by atoms with van der Waals surface area (Å²) in [6, 6.07) is -4.29. The third-order valence-corrected chi connectivity index (χ3v) is 3.51. The van der Waals surface area contributed by atoms with Gasteiger partial charge in [0, 0.05) is 12.8 Å². The number of primary amides is 4. The van der Waals surface area contributed by atoms with Gasteiger partial charge in [-0.1, -0.05) is 0 Å². The van der Waals surface area contributed by atoms with Crippen molar-refractivity contribution in [2.75, 3.05) is 0 Å². The van der Waals surface area contributed by atoms with E-state index in [1.165, 1.54) is 0 Å². The number of amides is 4. The van der Waals surface area contributed by atoms with Gasteiger partial charge in [-0.05, 0) is 12.8 Å². The standard InChI is InChI=1S/2C5H10N2O3.2C4H8N2O3/c2*6-3(5(9)10)1-2-4(7)8;2*5-2(4(8)9)1-3(6)7/h2*3H,1-2,6H2,(H2,7,8)(H,9,10);2*2H,1,5H2,(H2,6,7)(H,8,9). The molecule has 0 heterocycles. The predicted octanol–water partition coefficient (Wildman–Crippen LogP) is -6.13. The first-order valence-corrected chi connectivity index (χ1v) is 10.2.